The van der Waals surface area contributed by atoms with Crippen LogP contribution in [0.3, 0.4) is 0 Å². The SMILES string of the molecule is COc1ccc(OC)c(N2CCN(CC(=O)Nc3ccc(Br)cc3C)C2=O)c1. The van der Waals surface area contributed by atoms with E-state index in [2.05, 4.69) is 21.2 Å². The Bertz CT molecular complexity index is 903. The number of halogens is 1. The number of carbonyl (C=O) groups excluding carboxylic acids is 2. The molecule has 3 rings (SSSR count). The van der Waals surface area contributed by atoms with Crippen molar-refractivity contribution in [3.8, 4) is 11.5 Å². The summed E-state index contributed by atoms with van der Waals surface area (Å²) in [6.07, 6.45) is 0. The fraction of sp³-hybridized carbons (Fsp3) is 0.300. The summed E-state index contributed by atoms with van der Waals surface area (Å²) in [6, 6.07) is 10.7. The summed E-state index contributed by atoms with van der Waals surface area (Å²) in [5.74, 6) is 0.967. The number of hydrogen-bond acceptors (Lipinski definition) is 4. The van der Waals surface area contributed by atoms with Gasteiger partial charge in [0.05, 0.1) is 19.9 Å². The molecular formula is C20H22BrN3O4. The molecule has 1 N–H and O–H groups in total. The van der Waals surface area contributed by atoms with E-state index in [0.29, 0.717) is 30.3 Å². The molecule has 1 saturated heterocycles. The van der Waals surface area contributed by atoms with Gasteiger partial charge in [0.15, 0.2) is 0 Å². The fourth-order valence-electron chi connectivity index (χ4n) is 3.09. The first-order valence-corrected chi connectivity index (χ1v) is 9.56. The predicted octanol–water partition coefficient (Wildman–Crippen LogP) is 3.66. The van der Waals surface area contributed by atoms with E-state index in [-0.39, 0.29) is 18.5 Å². The van der Waals surface area contributed by atoms with Gasteiger partial charge in [-0.15, -0.1) is 0 Å². The van der Waals surface area contributed by atoms with Crippen LogP contribution in [0.15, 0.2) is 40.9 Å². The third-order valence-corrected chi connectivity index (χ3v) is 5.06. The van der Waals surface area contributed by atoms with Crippen LogP contribution in [0, 0.1) is 6.92 Å². The lowest BCUT2D eigenvalue weighted by atomic mass is 10.2. The number of urea groups is 1. The van der Waals surface area contributed by atoms with Crippen LogP contribution in [-0.2, 0) is 4.79 Å². The van der Waals surface area contributed by atoms with E-state index in [4.69, 9.17) is 9.47 Å². The van der Waals surface area contributed by atoms with E-state index < -0.39 is 0 Å². The van der Waals surface area contributed by atoms with E-state index in [1.165, 1.54) is 4.90 Å². The van der Waals surface area contributed by atoms with E-state index in [0.717, 1.165) is 15.7 Å². The Morgan fingerprint density at radius 1 is 1.14 bits per heavy atom. The third kappa shape index (κ3) is 4.22. The average molecular weight is 448 g/mol. The number of nitrogens with one attached hydrogen (secondary N) is 1. The molecule has 0 saturated carbocycles. The van der Waals surface area contributed by atoms with Crippen molar-refractivity contribution >= 4 is 39.2 Å². The average Bonchev–Trinajstić information content (AvgIpc) is 3.03. The molecule has 8 heteroatoms. The monoisotopic (exact) mass is 447 g/mol. The Morgan fingerprint density at radius 3 is 2.61 bits per heavy atom. The molecule has 1 fully saturated rings. The summed E-state index contributed by atoms with van der Waals surface area (Å²) in [5, 5.41) is 2.86. The smallest absolute Gasteiger partial charge is 0.325 e. The van der Waals surface area contributed by atoms with E-state index in [1.807, 2.05) is 25.1 Å². The van der Waals surface area contributed by atoms with Crippen molar-refractivity contribution < 1.29 is 19.1 Å². The Labute approximate surface area is 172 Å². The summed E-state index contributed by atoms with van der Waals surface area (Å²) in [6.45, 7) is 2.81. The summed E-state index contributed by atoms with van der Waals surface area (Å²) in [7, 11) is 3.12. The number of benzene rings is 2. The quantitative estimate of drug-likeness (QED) is 0.733. The van der Waals surface area contributed by atoms with E-state index in [9.17, 15) is 9.59 Å². The Balaban J connectivity index is 1.69. The molecular weight excluding hydrogens is 426 g/mol. The van der Waals surface area contributed by atoms with Crippen LogP contribution in [0.1, 0.15) is 5.56 Å². The van der Waals surface area contributed by atoms with Crippen molar-refractivity contribution in [2.75, 3.05) is 44.1 Å². The van der Waals surface area contributed by atoms with Crippen LogP contribution in [0.2, 0.25) is 0 Å². The number of rotatable bonds is 6. The van der Waals surface area contributed by atoms with Gasteiger partial charge in [-0.3, -0.25) is 9.69 Å². The van der Waals surface area contributed by atoms with Crippen molar-refractivity contribution in [1.82, 2.24) is 4.90 Å². The maximum absolute atomic E-state index is 12.8. The second-order valence-corrected chi connectivity index (χ2v) is 7.32. The normalized spacial score (nSPS) is 13.6. The second-order valence-electron chi connectivity index (χ2n) is 6.40. The van der Waals surface area contributed by atoms with Crippen LogP contribution in [0.5, 0.6) is 11.5 Å². The lowest BCUT2D eigenvalue weighted by molar-refractivity contribution is -0.116. The highest BCUT2D eigenvalue weighted by molar-refractivity contribution is 9.10. The molecule has 2 aromatic carbocycles. The van der Waals surface area contributed by atoms with Gasteiger partial charge in [-0.25, -0.2) is 4.79 Å². The predicted molar refractivity (Wildman–Crippen MR) is 111 cm³/mol. The minimum Gasteiger partial charge on any atom is -0.497 e. The lowest BCUT2D eigenvalue weighted by Crippen LogP contribution is -2.37. The topological polar surface area (TPSA) is 71.1 Å². The molecule has 1 heterocycles. The Hall–Kier alpha value is -2.74. The number of aryl methyl sites for hydroxylation is 1. The van der Waals surface area contributed by atoms with Gasteiger partial charge in [0.1, 0.15) is 18.0 Å². The lowest BCUT2D eigenvalue weighted by Gasteiger charge is -2.21. The Kier molecular flexibility index (Phi) is 6.08. The van der Waals surface area contributed by atoms with Gasteiger partial charge in [-0.1, -0.05) is 15.9 Å². The molecule has 0 unspecified atom stereocenters. The number of methoxy groups -OCH3 is 2. The number of ether oxygens (including phenoxy) is 2. The van der Waals surface area contributed by atoms with Crippen LogP contribution in [0.25, 0.3) is 0 Å². The van der Waals surface area contributed by atoms with Gasteiger partial charge in [-0.2, -0.15) is 0 Å². The molecule has 0 radical (unpaired) electrons. The largest absolute Gasteiger partial charge is 0.497 e. The first-order valence-electron chi connectivity index (χ1n) is 8.77. The molecule has 28 heavy (non-hydrogen) atoms. The van der Waals surface area contributed by atoms with Gasteiger partial charge in [-0.05, 0) is 42.8 Å². The maximum Gasteiger partial charge on any atom is 0.325 e. The highest BCUT2D eigenvalue weighted by Gasteiger charge is 2.32. The van der Waals surface area contributed by atoms with E-state index in [1.54, 1.807) is 37.3 Å². The molecule has 0 aliphatic carbocycles. The zero-order valence-corrected chi connectivity index (χ0v) is 17.6. The number of hydrogen-bond donors (Lipinski definition) is 1. The minimum absolute atomic E-state index is 0.0167. The minimum atomic E-state index is -0.241. The summed E-state index contributed by atoms with van der Waals surface area (Å²) >= 11 is 3.40. The van der Waals surface area contributed by atoms with Gasteiger partial charge in [0, 0.05) is 29.3 Å². The van der Waals surface area contributed by atoms with Crippen molar-refractivity contribution in [2.24, 2.45) is 0 Å². The van der Waals surface area contributed by atoms with Gasteiger partial charge >= 0.3 is 6.03 Å². The second kappa shape index (κ2) is 8.52. The first kappa shape index (κ1) is 20.0. The molecule has 0 atom stereocenters. The number of carbonyl (C=O) groups is 2. The molecule has 2 aromatic rings. The molecule has 148 valence electrons. The molecule has 1 aliphatic heterocycles. The molecule has 0 spiro atoms. The molecule has 0 bridgehead atoms. The zero-order valence-electron chi connectivity index (χ0n) is 16.0. The molecule has 1 aliphatic rings. The molecule has 7 nitrogen and oxygen atoms in total. The van der Waals surface area contributed by atoms with Crippen LogP contribution in [0.4, 0.5) is 16.2 Å². The van der Waals surface area contributed by atoms with Crippen LogP contribution < -0.4 is 19.7 Å². The zero-order chi connectivity index (χ0) is 20.3. The highest BCUT2D eigenvalue weighted by atomic mass is 79.9. The number of anilines is 2. The molecule has 3 amide bonds. The third-order valence-electron chi connectivity index (χ3n) is 4.57. The first-order chi connectivity index (χ1) is 13.4. The molecule has 0 aromatic heterocycles. The summed E-state index contributed by atoms with van der Waals surface area (Å²) in [5.41, 5.74) is 2.29. The highest BCUT2D eigenvalue weighted by Crippen LogP contribution is 2.34. The van der Waals surface area contributed by atoms with Crippen molar-refractivity contribution in [3.63, 3.8) is 0 Å². The van der Waals surface area contributed by atoms with Gasteiger partial charge in [0.2, 0.25) is 5.91 Å². The van der Waals surface area contributed by atoms with Gasteiger partial charge in [0.25, 0.3) is 0 Å². The number of amides is 3. The maximum atomic E-state index is 12.8. The van der Waals surface area contributed by atoms with Crippen molar-refractivity contribution in [2.45, 2.75) is 6.92 Å². The standard InChI is InChI=1S/C20H22BrN3O4/c1-13-10-14(21)4-6-16(13)22-19(25)12-23-8-9-24(20(23)26)17-11-15(27-2)5-7-18(17)28-3/h4-7,10-11H,8-9,12H2,1-3H3,(H,22,25). The van der Waals surface area contributed by atoms with Crippen molar-refractivity contribution in [1.29, 1.82) is 0 Å². The fourth-order valence-corrected chi connectivity index (χ4v) is 3.57. The van der Waals surface area contributed by atoms with E-state index >= 15 is 0 Å². The van der Waals surface area contributed by atoms with Gasteiger partial charge < -0.3 is 19.7 Å². The summed E-state index contributed by atoms with van der Waals surface area (Å²) < 4.78 is 11.6. The van der Waals surface area contributed by atoms with Crippen LogP contribution >= 0.6 is 15.9 Å². The number of nitrogens with zero attached hydrogens (tertiary/aromatic N) is 2. The van der Waals surface area contributed by atoms with Crippen LogP contribution in [-0.4, -0.2) is 50.7 Å². The Morgan fingerprint density at radius 2 is 1.93 bits per heavy atom. The van der Waals surface area contributed by atoms with Crippen molar-refractivity contribution in [3.05, 3.63) is 46.4 Å². The summed E-state index contributed by atoms with van der Waals surface area (Å²) in [4.78, 5) is 28.4.